The van der Waals surface area contributed by atoms with Crippen LogP contribution in [0.5, 0.6) is 0 Å². The fourth-order valence-corrected chi connectivity index (χ4v) is 3.27. The van der Waals surface area contributed by atoms with Gasteiger partial charge in [-0.15, -0.1) is 11.8 Å². The number of aromatic amines is 1. The number of aromatic nitrogens is 3. The van der Waals surface area contributed by atoms with Crippen molar-refractivity contribution in [2.75, 3.05) is 6.26 Å². The third-order valence-electron chi connectivity index (χ3n) is 3.51. The van der Waals surface area contributed by atoms with Gasteiger partial charge >= 0.3 is 0 Å². The average Bonchev–Trinajstić information content (AvgIpc) is 2.95. The minimum Gasteiger partial charge on any atom is -0.250 e. The molecule has 0 bridgehead atoms. The van der Waals surface area contributed by atoms with Gasteiger partial charge in [0, 0.05) is 21.9 Å². The number of benzene rings is 2. The molecule has 1 N–H and O–H groups in total. The number of nitrogens with one attached hydrogen (secondary N) is 1. The van der Waals surface area contributed by atoms with Gasteiger partial charge in [-0.3, -0.25) is 5.10 Å². The molecule has 3 rings (SSSR count). The Labute approximate surface area is 164 Å². The zero-order valence-electron chi connectivity index (χ0n) is 13.2. The van der Waals surface area contributed by atoms with Gasteiger partial charge in [0.2, 0.25) is 4.77 Å². The van der Waals surface area contributed by atoms with Crippen LogP contribution in [0.25, 0.3) is 0 Å². The fraction of sp³-hybridized carbons (Fsp3) is 0.118. The lowest BCUT2D eigenvalue weighted by Gasteiger charge is -2.03. The number of hydrogen-bond donors (Lipinski definition) is 1. The molecule has 0 saturated heterocycles. The molecule has 0 atom stereocenters. The Hall–Kier alpha value is -1.60. The van der Waals surface area contributed by atoms with Crippen molar-refractivity contribution in [1.29, 1.82) is 0 Å². The van der Waals surface area contributed by atoms with E-state index in [9.17, 15) is 0 Å². The molecule has 128 valence electrons. The van der Waals surface area contributed by atoms with Gasteiger partial charge in [-0.25, -0.2) is 0 Å². The number of thioether (sulfide) groups is 1. The third-order valence-corrected chi connectivity index (χ3v) is 5.08. The van der Waals surface area contributed by atoms with Crippen LogP contribution in [0.1, 0.15) is 17.0 Å². The van der Waals surface area contributed by atoms with Crippen LogP contribution in [0.3, 0.4) is 0 Å². The van der Waals surface area contributed by atoms with Gasteiger partial charge in [0.25, 0.3) is 0 Å². The second kappa shape index (κ2) is 8.19. The van der Waals surface area contributed by atoms with Crippen molar-refractivity contribution in [1.82, 2.24) is 14.9 Å². The van der Waals surface area contributed by atoms with E-state index in [1.165, 1.54) is 4.90 Å². The smallest absolute Gasteiger partial charge is 0.216 e. The summed E-state index contributed by atoms with van der Waals surface area (Å²) in [4.78, 5) is 1.22. The SMILES string of the molecule is CSc1ccc(Cc2n[nH]c(=S)n2/N=C/c2ccc(Cl)cc2Cl)cc1. The van der Waals surface area contributed by atoms with Crippen LogP contribution < -0.4 is 0 Å². The zero-order valence-corrected chi connectivity index (χ0v) is 16.4. The third kappa shape index (κ3) is 4.52. The molecule has 1 heterocycles. The predicted molar refractivity (Wildman–Crippen MR) is 108 cm³/mol. The summed E-state index contributed by atoms with van der Waals surface area (Å²) in [5.41, 5.74) is 1.89. The summed E-state index contributed by atoms with van der Waals surface area (Å²) < 4.78 is 2.03. The summed E-state index contributed by atoms with van der Waals surface area (Å²) in [6.07, 6.45) is 4.31. The number of halogens is 2. The predicted octanol–water partition coefficient (Wildman–Crippen LogP) is 5.44. The van der Waals surface area contributed by atoms with Gasteiger partial charge in [-0.05, 0) is 48.3 Å². The molecule has 8 heteroatoms. The number of rotatable bonds is 5. The maximum absolute atomic E-state index is 6.17. The van der Waals surface area contributed by atoms with Crippen molar-refractivity contribution in [3.05, 3.63) is 74.2 Å². The highest BCUT2D eigenvalue weighted by molar-refractivity contribution is 7.98. The number of hydrogen-bond acceptors (Lipinski definition) is 4. The summed E-state index contributed by atoms with van der Waals surface area (Å²) in [5.74, 6) is 0.725. The van der Waals surface area contributed by atoms with E-state index in [0.29, 0.717) is 21.2 Å². The molecule has 0 aliphatic carbocycles. The van der Waals surface area contributed by atoms with E-state index in [2.05, 4.69) is 45.8 Å². The number of H-pyrrole nitrogens is 1. The molecule has 0 aliphatic heterocycles. The minimum absolute atomic E-state index is 0.428. The van der Waals surface area contributed by atoms with E-state index in [1.54, 1.807) is 40.9 Å². The summed E-state index contributed by atoms with van der Waals surface area (Å²) in [7, 11) is 0. The lowest BCUT2D eigenvalue weighted by molar-refractivity contribution is 0.791. The maximum atomic E-state index is 6.17. The Morgan fingerprint density at radius 3 is 2.68 bits per heavy atom. The molecule has 0 unspecified atom stereocenters. The highest BCUT2D eigenvalue weighted by Gasteiger charge is 2.07. The van der Waals surface area contributed by atoms with Gasteiger partial charge < -0.3 is 0 Å². The first-order chi connectivity index (χ1) is 12.1. The van der Waals surface area contributed by atoms with Crippen molar-refractivity contribution in [3.8, 4) is 0 Å². The topological polar surface area (TPSA) is 46.0 Å². The van der Waals surface area contributed by atoms with E-state index in [-0.39, 0.29) is 0 Å². The molecule has 0 spiro atoms. The first-order valence-corrected chi connectivity index (χ1v) is 9.74. The molecular weight excluding hydrogens is 395 g/mol. The van der Waals surface area contributed by atoms with Crippen molar-refractivity contribution in [2.24, 2.45) is 5.10 Å². The standard InChI is InChI=1S/C17H14Cl2N4S2/c1-25-14-6-2-11(3-7-14)8-16-21-22-17(24)23(16)20-10-12-4-5-13(18)9-15(12)19/h2-7,9-10H,8H2,1H3,(H,22,24)/b20-10+. The highest BCUT2D eigenvalue weighted by Crippen LogP contribution is 2.20. The molecule has 0 fully saturated rings. The highest BCUT2D eigenvalue weighted by atomic mass is 35.5. The second-order valence-electron chi connectivity index (χ2n) is 5.19. The van der Waals surface area contributed by atoms with Crippen molar-refractivity contribution in [3.63, 3.8) is 0 Å². The Balaban J connectivity index is 1.86. The van der Waals surface area contributed by atoms with Crippen LogP contribution in [0, 0.1) is 4.77 Å². The Morgan fingerprint density at radius 2 is 2.00 bits per heavy atom. The summed E-state index contributed by atoms with van der Waals surface area (Å²) in [6.45, 7) is 0. The molecule has 0 saturated carbocycles. The van der Waals surface area contributed by atoms with Gasteiger partial charge in [0.15, 0.2) is 5.82 Å². The van der Waals surface area contributed by atoms with Crippen LogP contribution in [0.2, 0.25) is 10.0 Å². The molecule has 4 nitrogen and oxygen atoms in total. The molecule has 1 aromatic heterocycles. The van der Waals surface area contributed by atoms with E-state index in [0.717, 1.165) is 17.0 Å². The largest absolute Gasteiger partial charge is 0.250 e. The quantitative estimate of drug-likeness (QED) is 0.347. The van der Waals surface area contributed by atoms with Crippen LogP contribution in [-0.2, 0) is 6.42 Å². The van der Waals surface area contributed by atoms with Gasteiger partial charge in [0.05, 0.1) is 11.2 Å². The first-order valence-electron chi connectivity index (χ1n) is 7.35. The van der Waals surface area contributed by atoms with E-state index in [4.69, 9.17) is 35.4 Å². The van der Waals surface area contributed by atoms with Crippen molar-refractivity contribution < 1.29 is 0 Å². The van der Waals surface area contributed by atoms with Crippen LogP contribution in [0.15, 0.2) is 52.5 Å². The molecule has 25 heavy (non-hydrogen) atoms. The van der Waals surface area contributed by atoms with E-state index >= 15 is 0 Å². The molecule has 0 aliphatic rings. The van der Waals surface area contributed by atoms with E-state index < -0.39 is 0 Å². The average molecular weight is 409 g/mol. The molecule has 0 amide bonds. The van der Waals surface area contributed by atoms with Gasteiger partial charge in [-0.1, -0.05) is 41.4 Å². The summed E-state index contributed by atoms with van der Waals surface area (Å²) in [6, 6.07) is 13.6. The lowest BCUT2D eigenvalue weighted by atomic mass is 10.1. The summed E-state index contributed by atoms with van der Waals surface area (Å²) >= 11 is 19.1. The minimum atomic E-state index is 0.428. The fourth-order valence-electron chi connectivity index (χ4n) is 2.21. The number of nitrogens with zero attached hydrogens (tertiary/aromatic N) is 3. The Morgan fingerprint density at radius 1 is 1.24 bits per heavy atom. The summed E-state index contributed by atoms with van der Waals surface area (Å²) in [5, 5.41) is 12.6. The maximum Gasteiger partial charge on any atom is 0.216 e. The van der Waals surface area contributed by atoms with Gasteiger partial charge in [0.1, 0.15) is 0 Å². The molecule has 3 aromatic rings. The monoisotopic (exact) mass is 408 g/mol. The van der Waals surface area contributed by atoms with Crippen molar-refractivity contribution >= 4 is 53.4 Å². The van der Waals surface area contributed by atoms with Crippen LogP contribution >= 0.6 is 47.2 Å². The lowest BCUT2D eigenvalue weighted by Crippen LogP contribution is -2.00. The molecular formula is C17H14Cl2N4S2. The van der Waals surface area contributed by atoms with Crippen LogP contribution in [-0.4, -0.2) is 27.3 Å². The Bertz CT molecular complexity index is 962. The van der Waals surface area contributed by atoms with Crippen molar-refractivity contribution in [2.45, 2.75) is 11.3 Å². The van der Waals surface area contributed by atoms with E-state index in [1.807, 2.05) is 0 Å². The zero-order chi connectivity index (χ0) is 17.8. The molecule has 0 radical (unpaired) electrons. The normalized spacial score (nSPS) is 11.3. The Kier molecular flexibility index (Phi) is 5.96. The van der Waals surface area contributed by atoms with Gasteiger partial charge in [-0.2, -0.15) is 14.9 Å². The first kappa shape index (κ1) is 18.2. The molecule has 2 aromatic carbocycles. The van der Waals surface area contributed by atoms with Crippen LogP contribution in [0.4, 0.5) is 0 Å². The second-order valence-corrected chi connectivity index (χ2v) is 7.30.